The number of amides is 1. The average molecular weight is 363 g/mol. The van der Waals surface area contributed by atoms with Gasteiger partial charge in [0.05, 0.1) is 10.6 Å². The van der Waals surface area contributed by atoms with Crippen LogP contribution in [0.4, 0.5) is 11.4 Å². The molecule has 1 aromatic carbocycles. The van der Waals surface area contributed by atoms with Crippen LogP contribution in [0.1, 0.15) is 51.0 Å². The molecule has 3 N–H and O–H groups in total. The number of nitrogens with zero attached hydrogens (tertiary/aromatic N) is 1. The van der Waals surface area contributed by atoms with Gasteiger partial charge in [-0.3, -0.25) is 14.9 Å². The number of carbonyl (C=O) groups is 1. The van der Waals surface area contributed by atoms with Gasteiger partial charge in [0.25, 0.3) is 11.6 Å². The Kier molecular flexibility index (Phi) is 7.53. The highest BCUT2D eigenvalue weighted by Gasteiger charge is 2.29. The summed E-state index contributed by atoms with van der Waals surface area (Å²) in [6, 6.07) is 4.01. The third-order valence-electron chi connectivity index (χ3n) is 5.01. The monoisotopic (exact) mass is 363 g/mol. The molecule has 1 amide bonds. The van der Waals surface area contributed by atoms with Crippen molar-refractivity contribution in [2.45, 2.75) is 64.5 Å². The maximum absolute atomic E-state index is 12.7. The molecule has 0 spiro atoms. The molecule has 0 radical (unpaired) electrons. The maximum atomic E-state index is 12.7. The van der Waals surface area contributed by atoms with E-state index in [4.69, 9.17) is 10.5 Å². The minimum absolute atomic E-state index is 0.0645. The molecule has 0 aromatic heterocycles. The Morgan fingerprint density at radius 2 is 2.08 bits per heavy atom. The van der Waals surface area contributed by atoms with Crippen LogP contribution in [-0.2, 0) is 9.53 Å². The third-order valence-corrected chi connectivity index (χ3v) is 5.01. The third kappa shape index (κ3) is 5.51. The van der Waals surface area contributed by atoms with E-state index < -0.39 is 17.1 Å². The Bertz CT molecular complexity index is 629. The smallest absolute Gasteiger partial charge is 0.271 e. The molecule has 2 atom stereocenters. The molecule has 144 valence electrons. The van der Waals surface area contributed by atoms with Crippen molar-refractivity contribution in [3.8, 4) is 0 Å². The number of aryl methyl sites for hydroxylation is 1. The first-order valence-electron chi connectivity index (χ1n) is 9.35. The van der Waals surface area contributed by atoms with Crippen LogP contribution >= 0.6 is 0 Å². The molecule has 1 aliphatic carbocycles. The van der Waals surface area contributed by atoms with E-state index in [2.05, 4.69) is 5.32 Å². The summed E-state index contributed by atoms with van der Waals surface area (Å²) < 4.78 is 5.63. The summed E-state index contributed by atoms with van der Waals surface area (Å²) in [5.41, 5.74) is 7.41. The van der Waals surface area contributed by atoms with E-state index in [1.165, 1.54) is 31.4 Å². The van der Waals surface area contributed by atoms with Gasteiger partial charge in [-0.05, 0) is 31.7 Å². The highest BCUT2D eigenvalue weighted by molar-refractivity contribution is 5.95. The van der Waals surface area contributed by atoms with Crippen molar-refractivity contribution in [2.75, 3.05) is 11.9 Å². The Hall–Kier alpha value is -1.99. The zero-order chi connectivity index (χ0) is 19.1. The lowest BCUT2D eigenvalue weighted by atomic mass is 9.84. The van der Waals surface area contributed by atoms with Gasteiger partial charge in [-0.1, -0.05) is 38.2 Å². The van der Waals surface area contributed by atoms with Crippen LogP contribution in [0.2, 0.25) is 0 Å². The zero-order valence-electron chi connectivity index (χ0n) is 15.6. The predicted molar refractivity (Wildman–Crippen MR) is 101 cm³/mol. The topological polar surface area (TPSA) is 107 Å². The molecule has 0 heterocycles. The molecule has 1 unspecified atom stereocenters. The molecule has 0 aliphatic heterocycles. The maximum Gasteiger partial charge on any atom is 0.271 e. The molecule has 1 saturated carbocycles. The standard InChI is InChI=1S/C19H29N3O4/c1-3-26-18(16(20)11-14-7-5-4-6-8-14)19(23)21-17-12-15(22(24)25)10-9-13(17)2/h9-10,12,14,16,18H,3-8,11,20H2,1-2H3,(H,21,23)/t16-,18?/m1/s1. The second kappa shape index (κ2) is 9.64. The molecule has 1 fully saturated rings. The number of nitro benzene ring substituents is 1. The first kappa shape index (κ1) is 20.3. The number of anilines is 1. The molecule has 0 bridgehead atoms. The predicted octanol–water partition coefficient (Wildman–Crippen LogP) is 3.54. The van der Waals surface area contributed by atoms with E-state index in [-0.39, 0.29) is 11.6 Å². The summed E-state index contributed by atoms with van der Waals surface area (Å²) in [7, 11) is 0. The number of ether oxygens (including phenoxy) is 1. The molecule has 0 saturated heterocycles. The van der Waals surface area contributed by atoms with Crippen LogP contribution < -0.4 is 11.1 Å². The number of hydrogen-bond acceptors (Lipinski definition) is 5. The number of nitro groups is 1. The second-order valence-corrected chi connectivity index (χ2v) is 7.03. The summed E-state index contributed by atoms with van der Waals surface area (Å²) in [5.74, 6) is 0.188. The van der Waals surface area contributed by atoms with Crippen molar-refractivity contribution >= 4 is 17.3 Å². The molecular weight excluding hydrogens is 334 g/mol. The van der Waals surface area contributed by atoms with Gasteiger partial charge in [0.1, 0.15) is 0 Å². The number of nitrogens with one attached hydrogen (secondary N) is 1. The van der Waals surface area contributed by atoms with Crippen LogP contribution in [0.15, 0.2) is 18.2 Å². The molecule has 2 rings (SSSR count). The average Bonchev–Trinajstić information content (AvgIpc) is 2.62. The Labute approximate surface area is 154 Å². The van der Waals surface area contributed by atoms with Gasteiger partial charge >= 0.3 is 0 Å². The first-order valence-corrected chi connectivity index (χ1v) is 9.35. The van der Waals surface area contributed by atoms with E-state index in [1.54, 1.807) is 13.0 Å². The summed E-state index contributed by atoms with van der Waals surface area (Å²) in [5, 5.41) is 13.7. The SMILES string of the molecule is CCOC(C(=O)Nc1cc([N+](=O)[O-])ccc1C)[C@H](N)CC1CCCCC1. The summed E-state index contributed by atoms with van der Waals surface area (Å²) in [6.07, 6.45) is 6.00. The molecule has 1 aromatic rings. The highest BCUT2D eigenvalue weighted by atomic mass is 16.6. The molecule has 7 nitrogen and oxygen atoms in total. The Balaban J connectivity index is 2.07. The van der Waals surface area contributed by atoms with Gasteiger partial charge in [0.2, 0.25) is 0 Å². The number of carbonyl (C=O) groups excluding carboxylic acids is 1. The quantitative estimate of drug-likeness (QED) is 0.542. The van der Waals surface area contributed by atoms with Crippen LogP contribution in [0.5, 0.6) is 0 Å². The number of benzene rings is 1. The Morgan fingerprint density at radius 1 is 1.38 bits per heavy atom. The fraction of sp³-hybridized carbons (Fsp3) is 0.632. The number of nitrogens with two attached hydrogens (primary N) is 1. The fourth-order valence-corrected chi connectivity index (χ4v) is 3.57. The molecule has 7 heteroatoms. The van der Waals surface area contributed by atoms with Crippen molar-refractivity contribution in [3.63, 3.8) is 0 Å². The first-order chi connectivity index (χ1) is 12.4. The molecule has 1 aliphatic rings. The number of hydrogen-bond donors (Lipinski definition) is 2. The molecular formula is C19H29N3O4. The van der Waals surface area contributed by atoms with Gasteiger partial charge in [0, 0.05) is 24.8 Å². The van der Waals surface area contributed by atoms with Gasteiger partial charge < -0.3 is 15.8 Å². The second-order valence-electron chi connectivity index (χ2n) is 7.03. The van der Waals surface area contributed by atoms with Crippen molar-refractivity contribution < 1.29 is 14.5 Å². The van der Waals surface area contributed by atoms with Crippen LogP contribution in [0, 0.1) is 23.0 Å². The van der Waals surface area contributed by atoms with E-state index in [1.807, 2.05) is 6.92 Å². The van der Waals surface area contributed by atoms with Gasteiger partial charge in [-0.15, -0.1) is 0 Å². The van der Waals surface area contributed by atoms with Crippen LogP contribution in [-0.4, -0.2) is 29.6 Å². The number of rotatable bonds is 8. The zero-order valence-corrected chi connectivity index (χ0v) is 15.6. The van der Waals surface area contributed by atoms with E-state index in [0.29, 0.717) is 18.2 Å². The van der Waals surface area contributed by atoms with E-state index in [0.717, 1.165) is 24.8 Å². The lowest BCUT2D eigenvalue weighted by Gasteiger charge is -2.28. The lowest BCUT2D eigenvalue weighted by molar-refractivity contribution is -0.384. The fourth-order valence-electron chi connectivity index (χ4n) is 3.57. The van der Waals surface area contributed by atoms with Crippen LogP contribution in [0.25, 0.3) is 0 Å². The van der Waals surface area contributed by atoms with Crippen molar-refractivity contribution in [3.05, 3.63) is 33.9 Å². The minimum atomic E-state index is -0.763. The van der Waals surface area contributed by atoms with E-state index in [9.17, 15) is 14.9 Å². The van der Waals surface area contributed by atoms with Gasteiger partial charge in [-0.2, -0.15) is 0 Å². The van der Waals surface area contributed by atoms with Gasteiger partial charge in [0.15, 0.2) is 6.10 Å². The minimum Gasteiger partial charge on any atom is -0.367 e. The summed E-state index contributed by atoms with van der Waals surface area (Å²) in [6.45, 7) is 3.99. The largest absolute Gasteiger partial charge is 0.367 e. The van der Waals surface area contributed by atoms with Crippen molar-refractivity contribution in [1.82, 2.24) is 0 Å². The van der Waals surface area contributed by atoms with Crippen LogP contribution in [0.3, 0.4) is 0 Å². The normalized spacial score (nSPS) is 17.5. The van der Waals surface area contributed by atoms with Crippen molar-refractivity contribution in [1.29, 1.82) is 0 Å². The van der Waals surface area contributed by atoms with Crippen molar-refractivity contribution in [2.24, 2.45) is 11.7 Å². The van der Waals surface area contributed by atoms with Gasteiger partial charge in [-0.25, -0.2) is 0 Å². The number of non-ortho nitro benzene ring substituents is 1. The highest BCUT2D eigenvalue weighted by Crippen LogP contribution is 2.28. The summed E-state index contributed by atoms with van der Waals surface area (Å²) >= 11 is 0. The van der Waals surface area contributed by atoms with E-state index >= 15 is 0 Å². The lowest BCUT2D eigenvalue weighted by Crippen LogP contribution is -2.46. The molecule has 26 heavy (non-hydrogen) atoms. The Morgan fingerprint density at radius 3 is 2.69 bits per heavy atom. The summed E-state index contributed by atoms with van der Waals surface area (Å²) in [4.78, 5) is 23.2.